The highest BCUT2D eigenvalue weighted by atomic mass is 79.9. The molecule has 0 spiro atoms. The Morgan fingerprint density at radius 2 is 1.72 bits per heavy atom. The van der Waals surface area contributed by atoms with Crippen LogP contribution in [0.15, 0.2) is 64.1 Å². The Morgan fingerprint density at radius 3 is 2.50 bits per heavy atom. The van der Waals surface area contributed by atoms with Crippen LogP contribution in [0.1, 0.15) is 11.1 Å². The molecule has 0 unspecified atom stereocenters. The van der Waals surface area contributed by atoms with Crippen LogP contribution in [0.25, 0.3) is 0 Å². The fraction of sp³-hybridized carbons (Fsp3) is 0.0625. The third kappa shape index (κ3) is 3.87. The summed E-state index contributed by atoms with van der Waals surface area (Å²) < 4.78 is 1.02. The van der Waals surface area contributed by atoms with Gasteiger partial charge in [0, 0.05) is 16.3 Å². The zero-order valence-corrected chi connectivity index (χ0v) is 11.4. The van der Waals surface area contributed by atoms with Crippen molar-refractivity contribution in [2.45, 2.75) is 0 Å². The molecule has 0 aliphatic rings. The highest BCUT2D eigenvalue weighted by Crippen LogP contribution is 2.13. The van der Waals surface area contributed by atoms with Gasteiger partial charge in [0.25, 0.3) is 0 Å². The van der Waals surface area contributed by atoms with E-state index < -0.39 is 0 Å². The molecule has 0 amide bonds. The van der Waals surface area contributed by atoms with Gasteiger partial charge >= 0.3 is 0 Å². The highest BCUT2D eigenvalue weighted by Gasteiger charge is 1.91. The van der Waals surface area contributed by atoms with E-state index in [4.69, 9.17) is 0 Å². The minimum atomic E-state index is 0.510. The Morgan fingerprint density at radius 1 is 1.00 bits per heavy atom. The maximum Gasteiger partial charge on any atom is 0.100 e. The Labute approximate surface area is 116 Å². The van der Waals surface area contributed by atoms with Crippen LogP contribution in [0.4, 0.5) is 0 Å². The van der Waals surface area contributed by atoms with E-state index in [-0.39, 0.29) is 0 Å². The van der Waals surface area contributed by atoms with Gasteiger partial charge in [0.1, 0.15) is 6.54 Å². The highest BCUT2D eigenvalue weighted by molar-refractivity contribution is 9.10. The molecule has 0 radical (unpaired) electrons. The van der Waals surface area contributed by atoms with Gasteiger partial charge in [-0.15, -0.1) is 0 Å². The van der Waals surface area contributed by atoms with Crippen molar-refractivity contribution in [3.05, 3.63) is 70.2 Å². The molecule has 0 aliphatic heterocycles. The Hall–Kier alpha value is -1.85. The van der Waals surface area contributed by atoms with E-state index >= 15 is 0 Å². The number of hydrogen-bond donors (Lipinski definition) is 0. The molecular formula is C16H12BrN. The second-order valence-electron chi connectivity index (χ2n) is 3.66. The topological polar surface area (TPSA) is 12.4 Å². The molecule has 2 heteroatoms. The number of halogens is 1. The fourth-order valence-corrected chi connectivity index (χ4v) is 1.82. The van der Waals surface area contributed by atoms with Gasteiger partial charge < -0.3 is 0 Å². The van der Waals surface area contributed by atoms with Crippen molar-refractivity contribution in [1.82, 2.24) is 0 Å². The van der Waals surface area contributed by atoms with Crippen molar-refractivity contribution in [2.75, 3.05) is 6.54 Å². The lowest BCUT2D eigenvalue weighted by atomic mass is 10.2. The van der Waals surface area contributed by atoms with Crippen LogP contribution in [0, 0.1) is 11.8 Å². The van der Waals surface area contributed by atoms with E-state index in [2.05, 4.69) is 32.8 Å². The first-order chi connectivity index (χ1) is 8.86. The Bertz CT molecular complexity index is 591. The Kier molecular flexibility index (Phi) is 4.75. The lowest BCUT2D eigenvalue weighted by Crippen LogP contribution is -1.82. The predicted molar refractivity (Wildman–Crippen MR) is 79.9 cm³/mol. The maximum absolute atomic E-state index is 4.27. The molecule has 0 atom stereocenters. The zero-order chi connectivity index (χ0) is 12.6. The van der Waals surface area contributed by atoms with Crippen molar-refractivity contribution >= 4 is 22.1 Å². The smallest absolute Gasteiger partial charge is 0.100 e. The van der Waals surface area contributed by atoms with Gasteiger partial charge in [-0.2, -0.15) is 0 Å². The lowest BCUT2D eigenvalue weighted by molar-refractivity contribution is 1.30. The molecule has 0 heterocycles. The second-order valence-corrected chi connectivity index (χ2v) is 4.52. The van der Waals surface area contributed by atoms with E-state index in [1.807, 2.05) is 60.8 Å². The van der Waals surface area contributed by atoms with Crippen molar-refractivity contribution in [2.24, 2.45) is 4.99 Å². The molecule has 2 aromatic rings. The van der Waals surface area contributed by atoms with Gasteiger partial charge in [0.05, 0.1) is 0 Å². The average molecular weight is 298 g/mol. The predicted octanol–water partition coefficient (Wildman–Crippen LogP) is 3.92. The number of hydrogen-bond acceptors (Lipinski definition) is 1. The molecule has 0 saturated heterocycles. The first-order valence-electron chi connectivity index (χ1n) is 5.64. The van der Waals surface area contributed by atoms with Crippen LogP contribution < -0.4 is 0 Å². The number of nitrogens with zero attached hydrogens (tertiary/aromatic N) is 1. The van der Waals surface area contributed by atoms with Gasteiger partial charge in [0.2, 0.25) is 0 Å². The van der Waals surface area contributed by atoms with Gasteiger partial charge in [-0.05, 0) is 33.6 Å². The molecule has 0 N–H and O–H groups in total. The third-order valence-corrected chi connectivity index (χ3v) is 3.00. The van der Waals surface area contributed by atoms with Gasteiger partial charge in [0.15, 0.2) is 0 Å². The first kappa shape index (κ1) is 12.6. The summed E-state index contributed by atoms with van der Waals surface area (Å²) >= 11 is 3.46. The molecular weight excluding hydrogens is 286 g/mol. The monoisotopic (exact) mass is 297 g/mol. The third-order valence-electron chi connectivity index (χ3n) is 2.31. The van der Waals surface area contributed by atoms with E-state index in [0.29, 0.717) is 6.54 Å². The summed E-state index contributed by atoms with van der Waals surface area (Å²) in [7, 11) is 0. The normalized spacial score (nSPS) is 10.1. The second kappa shape index (κ2) is 6.78. The van der Waals surface area contributed by atoms with Gasteiger partial charge in [-0.25, -0.2) is 0 Å². The summed E-state index contributed by atoms with van der Waals surface area (Å²) in [5, 5.41) is 0. The number of benzene rings is 2. The van der Waals surface area contributed by atoms with Gasteiger partial charge in [-0.1, -0.05) is 54.3 Å². The summed E-state index contributed by atoms with van der Waals surface area (Å²) in [5.74, 6) is 6.12. The molecule has 88 valence electrons. The first-order valence-corrected chi connectivity index (χ1v) is 6.44. The van der Waals surface area contributed by atoms with E-state index in [0.717, 1.165) is 15.6 Å². The SMILES string of the molecule is Brc1ccccc1C#CC/N=C/c1ccccc1. The minimum absolute atomic E-state index is 0.510. The quantitative estimate of drug-likeness (QED) is 0.588. The molecule has 1 nitrogen and oxygen atoms in total. The molecule has 0 aromatic heterocycles. The van der Waals surface area contributed by atoms with Crippen LogP contribution in [0.5, 0.6) is 0 Å². The molecule has 2 rings (SSSR count). The summed E-state index contributed by atoms with van der Waals surface area (Å²) in [5.41, 5.74) is 2.09. The molecule has 0 aliphatic carbocycles. The molecule has 18 heavy (non-hydrogen) atoms. The molecule has 0 bridgehead atoms. The van der Waals surface area contributed by atoms with Crippen LogP contribution in [0.3, 0.4) is 0 Å². The maximum atomic E-state index is 4.27. The Balaban J connectivity index is 1.94. The van der Waals surface area contributed by atoms with E-state index in [9.17, 15) is 0 Å². The van der Waals surface area contributed by atoms with Crippen LogP contribution >= 0.6 is 15.9 Å². The molecule has 0 saturated carbocycles. The number of rotatable bonds is 2. The minimum Gasteiger partial charge on any atom is -0.280 e. The van der Waals surface area contributed by atoms with E-state index in [1.165, 1.54) is 0 Å². The fourth-order valence-electron chi connectivity index (χ4n) is 1.43. The summed E-state index contributed by atoms with van der Waals surface area (Å²) in [6.45, 7) is 0.510. The largest absolute Gasteiger partial charge is 0.280 e. The van der Waals surface area contributed by atoms with Gasteiger partial charge in [-0.3, -0.25) is 4.99 Å². The molecule has 2 aromatic carbocycles. The standard InChI is InChI=1S/C16H12BrN/c17-16-11-5-4-9-15(16)10-6-12-18-13-14-7-2-1-3-8-14/h1-5,7-9,11,13H,12H2/b18-13+. The zero-order valence-electron chi connectivity index (χ0n) is 9.81. The summed E-state index contributed by atoms with van der Waals surface area (Å²) in [6, 6.07) is 17.9. The van der Waals surface area contributed by atoms with Crippen molar-refractivity contribution in [1.29, 1.82) is 0 Å². The van der Waals surface area contributed by atoms with E-state index in [1.54, 1.807) is 0 Å². The van der Waals surface area contributed by atoms with Crippen LogP contribution in [-0.2, 0) is 0 Å². The van der Waals surface area contributed by atoms with Crippen LogP contribution in [-0.4, -0.2) is 12.8 Å². The van der Waals surface area contributed by atoms with Crippen molar-refractivity contribution in [3.8, 4) is 11.8 Å². The molecule has 0 fully saturated rings. The average Bonchev–Trinajstić information content (AvgIpc) is 2.42. The van der Waals surface area contributed by atoms with Crippen molar-refractivity contribution in [3.63, 3.8) is 0 Å². The number of aliphatic imine (C=N–C) groups is 1. The summed E-state index contributed by atoms with van der Waals surface area (Å²) in [6.07, 6.45) is 1.84. The van der Waals surface area contributed by atoms with Crippen molar-refractivity contribution < 1.29 is 0 Å². The lowest BCUT2D eigenvalue weighted by Gasteiger charge is -1.92. The summed E-state index contributed by atoms with van der Waals surface area (Å²) in [4.78, 5) is 4.27. The van der Waals surface area contributed by atoms with Crippen LogP contribution in [0.2, 0.25) is 0 Å².